The van der Waals surface area contributed by atoms with Crippen LogP contribution in [0.4, 0.5) is 0 Å². The lowest BCUT2D eigenvalue weighted by Gasteiger charge is -2.29. The van der Waals surface area contributed by atoms with Gasteiger partial charge in [0.1, 0.15) is 5.75 Å². The van der Waals surface area contributed by atoms with Crippen molar-refractivity contribution in [3.8, 4) is 5.75 Å². The minimum absolute atomic E-state index is 0.0848. The lowest BCUT2D eigenvalue weighted by atomic mass is 9.85. The molecule has 0 aliphatic heterocycles. The highest BCUT2D eigenvalue weighted by Crippen LogP contribution is 2.31. The molecule has 0 heterocycles. The van der Waals surface area contributed by atoms with Crippen molar-refractivity contribution in [2.45, 2.75) is 59.0 Å². The number of carbonyl (C=O) groups is 1. The van der Waals surface area contributed by atoms with Gasteiger partial charge in [-0.1, -0.05) is 31.4 Å². The van der Waals surface area contributed by atoms with Gasteiger partial charge in [-0.05, 0) is 51.2 Å². The van der Waals surface area contributed by atoms with Crippen LogP contribution >= 0.6 is 0 Å². The number of carbonyl (C=O) groups excluding carboxylic acids is 1. The number of benzene rings is 1. The predicted molar refractivity (Wildman–Crippen MR) is 77.8 cm³/mol. The highest BCUT2D eigenvalue weighted by molar-refractivity contribution is 5.97. The Labute approximate surface area is 116 Å². The summed E-state index contributed by atoms with van der Waals surface area (Å²) in [4.78, 5) is 11.7. The number of ketones is 1. The molecule has 1 aliphatic rings. The van der Waals surface area contributed by atoms with Gasteiger partial charge >= 0.3 is 0 Å². The van der Waals surface area contributed by atoms with E-state index in [1.807, 2.05) is 25.1 Å². The van der Waals surface area contributed by atoms with Crippen molar-refractivity contribution in [2.75, 3.05) is 0 Å². The molecule has 1 aromatic rings. The van der Waals surface area contributed by atoms with Crippen molar-refractivity contribution in [3.63, 3.8) is 0 Å². The van der Waals surface area contributed by atoms with Crippen molar-refractivity contribution < 1.29 is 9.53 Å². The standard InChI is InChI=1S/C17H24O2/c1-4-14-6-5-7-15(11-14)19-17-9-8-12(2)10-16(17)13(3)18/h8-10,14-15H,4-7,11H2,1-3H3. The second-order valence-electron chi connectivity index (χ2n) is 5.74. The third-order valence-electron chi connectivity index (χ3n) is 4.12. The van der Waals surface area contributed by atoms with Crippen LogP contribution < -0.4 is 4.74 Å². The number of rotatable bonds is 4. The van der Waals surface area contributed by atoms with Crippen LogP contribution in [0.5, 0.6) is 5.75 Å². The maximum absolute atomic E-state index is 11.7. The molecule has 19 heavy (non-hydrogen) atoms. The largest absolute Gasteiger partial charge is 0.490 e. The highest BCUT2D eigenvalue weighted by Gasteiger charge is 2.23. The zero-order chi connectivity index (χ0) is 13.8. The molecule has 0 amide bonds. The van der Waals surface area contributed by atoms with E-state index >= 15 is 0 Å². The van der Waals surface area contributed by atoms with Gasteiger partial charge in [-0.15, -0.1) is 0 Å². The van der Waals surface area contributed by atoms with Gasteiger partial charge in [-0.25, -0.2) is 0 Å². The van der Waals surface area contributed by atoms with E-state index in [1.54, 1.807) is 6.92 Å². The van der Waals surface area contributed by atoms with Gasteiger partial charge in [0.15, 0.2) is 5.78 Å². The molecule has 0 N–H and O–H groups in total. The Kier molecular flexibility index (Phi) is 4.62. The molecule has 1 aliphatic carbocycles. The van der Waals surface area contributed by atoms with Crippen molar-refractivity contribution in [2.24, 2.45) is 5.92 Å². The molecule has 0 aromatic heterocycles. The first-order valence-corrected chi connectivity index (χ1v) is 7.38. The first kappa shape index (κ1) is 14.1. The molecule has 0 saturated heterocycles. The topological polar surface area (TPSA) is 26.3 Å². The highest BCUT2D eigenvalue weighted by atomic mass is 16.5. The third kappa shape index (κ3) is 3.59. The van der Waals surface area contributed by atoms with Crippen LogP contribution in [-0.4, -0.2) is 11.9 Å². The number of ether oxygens (including phenoxy) is 1. The van der Waals surface area contributed by atoms with Crippen LogP contribution in [0.15, 0.2) is 18.2 Å². The Morgan fingerprint density at radius 3 is 2.84 bits per heavy atom. The molecule has 0 bridgehead atoms. The maximum atomic E-state index is 11.7. The number of hydrogen-bond donors (Lipinski definition) is 0. The predicted octanol–water partition coefficient (Wildman–Crippen LogP) is 4.55. The minimum atomic E-state index is 0.0848. The van der Waals surface area contributed by atoms with E-state index in [2.05, 4.69) is 6.92 Å². The van der Waals surface area contributed by atoms with Crippen molar-refractivity contribution in [1.82, 2.24) is 0 Å². The molecular weight excluding hydrogens is 236 g/mol. The lowest BCUT2D eigenvalue weighted by Crippen LogP contribution is -2.25. The molecule has 1 aromatic carbocycles. The van der Waals surface area contributed by atoms with E-state index in [9.17, 15) is 4.79 Å². The van der Waals surface area contributed by atoms with Gasteiger partial charge in [0.2, 0.25) is 0 Å². The summed E-state index contributed by atoms with van der Waals surface area (Å²) in [7, 11) is 0. The van der Waals surface area contributed by atoms with Gasteiger partial charge in [0, 0.05) is 0 Å². The molecule has 2 heteroatoms. The summed E-state index contributed by atoms with van der Waals surface area (Å²) in [5, 5.41) is 0. The van der Waals surface area contributed by atoms with Gasteiger partial charge in [0.05, 0.1) is 11.7 Å². The lowest BCUT2D eigenvalue weighted by molar-refractivity contribution is 0.0988. The second kappa shape index (κ2) is 6.23. The first-order chi connectivity index (χ1) is 9.10. The fraction of sp³-hybridized carbons (Fsp3) is 0.588. The molecule has 0 radical (unpaired) electrons. The molecule has 104 valence electrons. The van der Waals surface area contributed by atoms with Gasteiger partial charge in [0.25, 0.3) is 0 Å². The molecule has 2 rings (SSSR count). The number of aryl methyl sites for hydroxylation is 1. The van der Waals surface area contributed by atoms with Crippen LogP contribution in [0.25, 0.3) is 0 Å². The van der Waals surface area contributed by atoms with E-state index in [4.69, 9.17) is 4.74 Å². The van der Waals surface area contributed by atoms with Gasteiger partial charge < -0.3 is 4.74 Å². The molecule has 2 atom stereocenters. The fourth-order valence-corrected chi connectivity index (χ4v) is 2.92. The first-order valence-electron chi connectivity index (χ1n) is 7.38. The minimum Gasteiger partial charge on any atom is -0.490 e. The molecular formula is C17H24O2. The molecule has 2 unspecified atom stereocenters. The van der Waals surface area contributed by atoms with E-state index in [-0.39, 0.29) is 11.9 Å². The summed E-state index contributed by atoms with van der Waals surface area (Å²) in [5.74, 6) is 1.63. The number of hydrogen-bond acceptors (Lipinski definition) is 2. The maximum Gasteiger partial charge on any atom is 0.163 e. The summed E-state index contributed by atoms with van der Waals surface area (Å²) in [6.07, 6.45) is 6.31. The summed E-state index contributed by atoms with van der Waals surface area (Å²) in [6.45, 7) is 5.86. The molecule has 1 fully saturated rings. The van der Waals surface area contributed by atoms with Crippen LogP contribution in [0, 0.1) is 12.8 Å². The van der Waals surface area contributed by atoms with Crippen molar-refractivity contribution in [3.05, 3.63) is 29.3 Å². The summed E-state index contributed by atoms with van der Waals surface area (Å²) >= 11 is 0. The van der Waals surface area contributed by atoms with Crippen molar-refractivity contribution >= 4 is 5.78 Å². The average Bonchev–Trinajstić information content (AvgIpc) is 2.41. The summed E-state index contributed by atoms with van der Waals surface area (Å²) < 4.78 is 6.11. The normalized spacial score (nSPS) is 23.1. The summed E-state index contributed by atoms with van der Waals surface area (Å²) in [6, 6.07) is 5.89. The Hall–Kier alpha value is -1.31. The average molecular weight is 260 g/mol. The van der Waals surface area contributed by atoms with E-state index in [0.29, 0.717) is 0 Å². The molecule has 2 nitrogen and oxygen atoms in total. The Morgan fingerprint density at radius 2 is 2.16 bits per heavy atom. The van der Waals surface area contributed by atoms with E-state index in [1.165, 1.54) is 19.3 Å². The smallest absolute Gasteiger partial charge is 0.163 e. The van der Waals surface area contributed by atoms with Gasteiger partial charge in [-0.2, -0.15) is 0 Å². The van der Waals surface area contributed by atoms with Crippen LogP contribution in [0.2, 0.25) is 0 Å². The van der Waals surface area contributed by atoms with E-state index in [0.717, 1.165) is 35.6 Å². The molecule has 1 saturated carbocycles. The monoisotopic (exact) mass is 260 g/mol. The SMILES string of the molecule is CCC1CCCC(Oc2ccc(C)cc2C(C)=O)C1. The van der Waals surface area contributed by atoms with Gasteiger partial charge in [-0.3, -0.25) is 4.79 Å². The summed E-state index contributed by atoms with van der Waals surface area (Å²) in [5.41, 5.74) is 1.83. The number of Topliss-reactive ketones (excluding diaryl/α,β-unsaturated/α-hetero) is 1. The Balaban J connectivity index is 2.12. The Bertz CT molecular complexity index is 451. The molecule has 0 spiro atoms. The zero-order valence-electron chi connectivity index (χ0n) is 12.2. The quantitative estimate of drug-likeness (QED) is 0.743. The van der Waals surface area contributed by atoms with Crippen LogP contribution in [0.3, 0.4) is 0 Å². The second-order valence-corrected chi connectivity index (χ2v) is 5.74. The van der Waals surface area contributed by atoms with Crippen LogP contribution in [-0.2, 0) is 0 Å². The van der Waals surface area contributed by atoms with Crippen LogP contribution in [0.1, 0.15) is 61.9 Å². The Morgan fingerprint density at radius 1 is 1.37 bits per heavy atom. The van der Waals surface area contributed by atoms with Crippen molar-refractivity contribution in [1.29, 1.82) is 0 Å². The zero-order valence-corrected chi connectivity index (χ0v) is 12.2. The fourth-order valence-electron chi connectivity index (χ4n) is 2.92. The van der Waals surface area contributed by atoms with E-state index < -0.39 is 0 Å². The third-order valence-corrected chi connectivity index (χ3v) is 4.12.